The Kier molecular flexibility index (Phi) is 3.21. The van der Waals surface area contributed by atoms with Gasteiger partial charge in [0, 0.05) is 25.3 Å². The molecule has 7 heteroatoms. The molecular formula is C13H18N4O3. The van der Waals surface area contributed by atoms with Gasteiger partial charge in [0.25, 0.3) is 11.5 Å². The van der Waals surface area contributed by atoms with Crippen LogP contribution in [0.4, 0.5) is 0 Å². The van der Waals surface area contributed by atoms with Gasteiger partial charge in [-0.2, -0.15) is 0 Å². The van der Waals surface area contributed by atoms with Gasteiger partial charge >= 0.3 is 5.69 Å². The molecule has 1 unspecified atom stereocenters. The summed E-state index contributed by atoms with van der Waals surface area (Å²) >= 11 is 0. The minimum absolute atomic E-state index is 0.00690. The van der Waals surface area contributed by atoms with E-state index in [4.69, 9.17) is 5.73 Å². The summed E-state index contributed by atoms with van der Waals surface area (Å²) in [5, 5.41) is 0. The number of nitrogens with zero attached hydrogens (tertiary/aromatic N) is 1. The molecule has 4 N–H and O–H groups in total. The smallest absolute Gasteiger partial charge is 0.325 e. The maximum atomic E-state index is 12.4. The molecule has 2 aliphatic rings. The van der Waals surface area contributed by atoms with E-state index in [9.17, 15) is 14.4 Å². The molecule has 1 aliphatic heterocycles. The van der Waals surface area contributed by atoms with Gasteiger partial charge in [0.05, 0.1) is 0 Å². The normalized spacial score (nSPS) is 29.2. The highest BCUT2D eigenvalue weighted by Gasteiger charge is 2.39. The van der Waals surface area contributed by atoms with Crippen molar-refractivity contribution in [3.05, 3.63) is 32.6 Å². The number of aromatic nitrogens is 2. The average molecular weight is 278 g/mol. The van der Waals surface area contributed by atoms with Crippen LogP contribution in [0.5, 0.6) is 0 Å². The Morgan fingerprint density at radius 1 is 1.25 bits per heavy atom. The maximum Gasteiger partial charge on any atom is 0.325 e. The van der Waals surface area contributed by atoms with Crippen LogP contribution in [-0.2, 0) is 0 Å². The highest BCUT2D eigenvalue weighted by Crippen LogP contribution is 2.35. The third-order valence-corrected chi connectivity index (χ3v) is 4.43. The molecule has 1 aromatic rings. The fourth-order valence-corrected chi connectivity index (χ4v) is 3.37. The highest BCUT2D eigenvalue weighted by molar-refractivity contribution is 5.93. The first-order valence-electron chi connectivity index (χ1n) is 6.91. The molecule has 108 valence electrons. The molecule has 3 atom stereocenters. The lowest BCUT2D eigenvalue weighted by atomic mass is 9.79. The topological polar surface area (TPSA) is 112 Å². The van der Waals surface area contributed by atoms with Crippen LogP contribution in [0.25, 0.3) is 0 Å². The van der Waals surface area contributed by atoms with Crippen molar-refractivity contribution in [2.45, 2.75) is 25.3 Å². The Balaban J connectivity index is 1.79. The largest absolute Gasteiger partial charge is 0.338 e. The van der Waals surface area contributed by atoms with Gasteiger partial charge in [-0.15, -0.1) is 0 Å². The van der Waals surface area contributed by atoms with E-state index in [1.807, 2.05) is 0 Å². The van der Waals surface area contributed by atoms with Crippen molar-refractivity contribution in [2.24, 2.45) is 17.6 Å². The number of likely N-dealkylation sites (tertiary alicyclic amines) is 1. The van der Waals surface area contributed by atoms with E-state index in [0.29, 0.717) is 24.9 Å². The maximum absolute atomic E-state index is 12.4. The molecule has 1 saturated carbocycles. The SMILES string of the molecule is NC1CC[C@@H]2CN(C(=O)c3c[nH]c(=O)[nH]c3=O)C[C@@H]2C1. The van der Waals surface area contributed by atoms with Crippen molar-refractivity contribution in [3.8, 4) is 0 Å². The van der Waals surface area contributed by atoms with E-state index in [-0.39, 0.29) is 17.5 Å². The van der Waals surface area contributed by atoms with Gasteiger partial charge in [-0.3, -0.25) is 14.6 Å². The van der Waals surface area contributed by atoms with Crippen LogP contribution in [0.15, 0.2) is 15.8 Å². The summed E-state index contributed by atoms with van der Waals surface area (Å²) in [4.78, 5) is 41.1. The Morgan fingerprint density at radius 3 is 2.75 bits per heavy atom. The van der Waals surface area contributed by atoms with Gasteiger partial charge in [-0.05, 0) is 31.1 Å². The number of aromatic amines is 2. The van der Waals surface area contributed by atoms with Crippen molar-refractivity contribution in [1.29, 1.82) is 0 Å². The fourth-order valence-electron chi connectivity index (χ4n) is 3.37. The summed E-state index contributed by atoms with van der Waals surface area (Å²) in [6.45, 7) is 1.32. The summed E-state index contributed by atoms with van der Waals surface area (Å²) in [7, 11) is 0. The second-order valence-electron chi connectivity index (χ2n) is 5.79. The minimum Gasteiger partial charge on any atom is -0.338 e. The van der Waals surface area contributed by atoms with Gasteiger partial charge < -0.3 is 15.6 Å². The van der Waals surface area contributed by atoms with Gasteiger partial charge in [0.15, 0.2) is 0 Å². The van der Waals surface area contributed by atoms with Crippen molar-refractivity contribution in [1.82, 2.24) is 14.9 Å². The number of nitrogens with one attached hydrogen (secondary N) is 2. The number of carbonyl (C=O) groups is 1. The minimum atomic E-state index is -0.634. The molecule has 2 fully saturated rings. The first kappa shape index (κ1) is 13.1. The molecule has 1 saturated heterocycles. The van der Waals surface area contributed by atoms with E-state index < -0.39 is 11.2 Å². The number of amides is 1. The zero-order chi connectivity index (χ0) is 14.3. The quantitative estimate of drug-likeness (QED) is 0.628. The van der Waals surface area contributed by atoms with Gasteiger partial charge in [-0.1, -0.05) is 0 Å². The number of nitrogens with two attached hydrogens (primary N) is 1. The standard InChI is InChI=1S/C13H18N4O3/c14-9-2-1-7-5-17(6-8(7)3-9)12(19)10-4-15-13(20)16-11(10)18/h4,7-9H,1-3,5-6,14H2,(H2,15,16,18,20)/t7-,8+,9?/m1/s1. The first-order valence-corrected chi connectivity index (χ1v) is 6.91. The lowest BCUT2D eigenvalue weighted by Crippen LogP contribution is -2.36. The number of hydrogen-bond acceptors (Lipinski definition) is 4. The molecular weight excluding hydrogens is 260 g/mol. The van der Waals surface area contributed by atoms with Gasteiger partial charge in [0.1, 0.15) is 5.56 Å². The second kappa shape index (κ2) is 4.90. The summed E-state index contributed by atoms with van der Waals surface area (Å²) < 4.78 is 0. The summed E-state index contributed by atoms with van der Waals surface area (Å²) in [5.41, 5.74) is 4.72. The zero-order valence-electron chi connectivity index (χ0n) is 11.1. The second-order valence-corrected chi connectivity index (χ2v) is 5.79. The number of rotatable bonds is 1. The van der Waals surface area contributed by atoms with E-state index >= 15 is 0 Å². The molecule has 20 heavy (non-hydrogen) atoms. The fraction of sp³-hybridized carbons (Fsp3) is 0.615. The van der Waals surface area contributed by atoms with E-state index in [0.717, 1.165) is 19.3 Å². The van der Waals surface area contributed by atoms with Crippen LogP contribution in [-0.4, -0.2) is 39.9 Å². The molecule has 1 aliphatic carbocycles. The third-order valence-electron chi connectivity index (χ3n) is 4.43. The van der Waals surface area contributed by atoms with Crippen LogP contribution in [0, 0.1) is 11.8 Å². The molecule has 0 aromatic carbocycles. The van der Waals surface area contributed by atoms with Gasteiger partial charge in [0.2, 0.25) is 0 Å². The van der Waals surface area contributed by atoms with Crippen LogP contribution < -0.4 is 17.0 Å². The molecule has 0 spiro atoms. The Bertz CT molecular complexity index is 635. The summed E-state index contributed by atoms with van der Waals surface area (Å²) in [5.74, 6) is 0.607. The van der Waals surface area contributed by atoms with Gasteiger partial charge in [-0.25, -0.2) is 4.79 Å². The Hall–Kier alpha value is -1.89. The molecule has 7 nitrogen and oxygen atoms in total. The first-order chi connectivity index (χ1) is 9.54. The number of fused-ring (bicyclic) bond motifs is 1. The Morgan fingerprint density at radius 2 is 2.00 bits per heavy atom. The van der Waals surface area contributed by atoms with E-state index in [1.54, 1.807) is 4.90 Å². The lowest BCUT2D eigenvalue weighted by Gasteiger charge is -2.27. The van der Waals surface area contributed by atoms with Crippen LogP contribution >= 0.6 is 0 Å². The zero-order valence-corrected chi connectivity index (χ0v) is 11.1. The molecule has 0 bridgehead atoms. The highest BCUT2D eigenvalue weighted by atomic mass is 16.2. The number of H-pyrrole nitrogens is 2. The van der Waals surface area contributed by atoms with Crippen molar-refractivity contribution in [2.75, 3.05) is 13.1 Å². The molecule has 3 rings (SSSR count). The van der Waals surface area contributed by atoms with E-state index in [1.165, 1.54) is 6.20 Å². The molecule has 0 radical (unpaired) electrons. The predicted octanol–water partition coefficient (Wildman–Crippen LogP) is -0.737. The van der Waals surface area contributed by atoms with Crippen LogP contribution in [0.2, 0.25) is 0 Å². The molecule has 1 amide bonds. The van der Waals surface area contributed by atoms with Crippen molar-refractivity contribution >= 4 is 5.91 Å². The number of carbonyl (C=O) groups excluding carboxylic acids is 1. The summed E-state index contributed by atoms with van der Waals surface area (Å²) in [6.07, 6.45) is 4.17. The summed E-state index contributed by atoms with van der Waals surface area (Å²) in [6, 6.07) is 0.225. The van der Waals surface area contributed by atoms with Crippen molar-refractivity contribution < 1.29 is 4.79 Å². The lowest BCUT2D eigenvalue weighted by molar-refractivity contribution is 0.0781. The average Bonchev–Trinajstić information content (AvgIpc) is 2.81. The third kappa shape index (κ3) is 2.29. The van der Waals surface area contributed by atoms with E-state index in [2.05, 4.69) is 9.97 Å². The molecule has 2 heterocycles. The predicted molar refractivity (Wildman–Crippen MR) is 72.4 cm³/mol. The Labute approximate surface area is 115 Å². The molecule has 1 aromatic heterocycles. The van der Waals surface area contributed by atoms with Crippen LogP contribution in [0.3, 0.4) is 0 Å². The van der Waals surface area contributed by atoms with Crippen LogP contribution in [0.1, 0.15) is 29.6 Å². The monoisotopic (exact) mass is 278 g/mol. The number of hydrogen-bond donors (Lipinski definition) is 3. The van der Waals surface area contributed by atoms with Crippen molar-refractivity contribution in [3.63, 3.8) is 0 Å².